The molecule has 14 heavy (non-hydrogen) atoms. The van der Waals surface area contributed by atoms with Gasteiger partial charge in [0.1, 0.15) is 0 Å². The third kappa shape index (κ3) is 1.01. The van der Waals surface area contributed by atoms with Crippen molar-refractivity contribution in [3.05, 3.63) is 0 Å². The van der Waals surface area contributed by atoms with Gasteiger partial charge in [-0.05, 0) is 36.0 Å². The van der Waals surface area contributed by atoms with E-state index in [9.17, 15) is 13.2 Å². The Kier molecular flexibility index (Phi) is 1.82. The number of alkyl halides is 3. The smallest absolute Gasteiger partial charge is 0.171 e. The molecule has 0 aromatic carbocycles. The number of hydrogen-bond acceptors (Lipinski definition) is 0. The van der Waals surface area contributed by atoms with Crippen molar-refractivity contribution in [2.45, 2.75) is 46.2 Å². The van der Waals surface area contributed by atoms with Crippen molar-refractivity contribution < 1.29 is 13.2 Å². The zero-order valence-electron chi connectivity index (χ0n) is 8.91. The number of hydrogen-bond donors (Lipinski definition) is 0. The molecule has 0 radical (unpaired) electrons. The van der Waals surface area contributed by atoms with E-state index >= 15 is 0 Å². The van der Waals surface area contributed by atoms with Crippen LogP contribution in [0.3, 0.4) is 0 Å². The molecule has 0 heterocycles. The average Bonchev–Trinajstić information content (AvgIpc) is 2.32. The first-order chi connectivity index (χ1) is 6.19. The minimum atomic E-state index is -4.00. The van der Waals surface area contributed by atoms with Crippen molar-refractivity contribution in [1.29, 1.82) is 0 Å². The summed E-state index contributed by atoms with van der Waals surface area (Å²) in [5.41, 5.74) is -0.650. The minimum absolute atomic E-state index is 0.132. The molecule has 2 aliphatic carbocycles. The second kappa shape index (κ2) is 2.48. The van der Waals surface area contributed by atoms with Crippen LogP contribution in [0, 0.1) is 22.7 Å². The second-order valence-corrected chi connectivity index (χ2v) is 5.70. The molecule has 0 saturated heterocycles. The van der Waals surface area contributed by atoms with Crippen molar-refractivity contribution >= 4 is 0 Å². The third-order valence-electron chi connectivity index (χ3n) is 5.19. The molecule has 0 aromatic heterocycles. The number of halogens is 3. The van der Waals surface area contributed by atoms with Gasteiger partial charge in [-0.15, -0.1) is 0 Å². The molecular formula is C11H17F3. The Labute approximate surface area is 82.9 Å². The predicted octanol–water partition coefficient (Wildman–Crippen LogP) is 4.01. The minimum Gasteiger partial charge on any atom is -0.171 e. The lowest BCUT2D eigenvalue weighted by Crippen LogP contribution is -2.39. The highest BCUT2D eigenvalue weighted by molar-refractivity contribution is 5.11. The van der Waals surface area contributed by atoms with Crippen LogP contribution < -0.4 is 0 Å². The van der Waals surface area contributed by atoms with Gasteiger partial charge >= 0.3 is 6.18 Å². The van der Waals surface area contributed by atoms with E-state index in [0.717, 1.165) is 12.8 Å². The maximum absolute atomic E-state index is 12.8. The lowest BCUT2D eigenvalue weighted by Gasteiger charge is -2.39. The number of rotatable bonds is 0. The normalized spacial score (nSPS) is 45.9. The molecular weight excluding hydrogens is 189 g/mol. The van der Waals surface area contributed by atoms with Gasteiger partial charge < -0.3 is 0 Å². The molecule has 0 N–H and O–H groups in total. The van der Waals surface area contributed by atoms with Crippen LogP contribution in [0.25, 0.3) is 0 Å². The summed E-state index contributed by atoms with van der Waals surface area (Å²) >= 11 is 0. The fourth-order valence-corrected chi connectivity index (χ4v) is 3.70. The predicted molar refractivity (Wildman–Crippen MR) is 48.8 cm³/mol. The Balaban J connectivity index is 2.37. The van der Waals surface area contributed by atoms with Gasteiger partial charge in [0.2, 0.25) is 0 Å². The summed E-state index contributed by atoms with van der Waals surface area (Å²) in [6.45, 7) is 5.85. The van der Waals surface area contributed by atoms with Gasteiger partial charge in [0.25, 0.3) is 0 Å². The lowest BCUT2D eigenvalue weighted by atomic mass is 9.66. The van der Waals surface area contributed by atoms with E-state index in [1.165, 1.54) is 0 Å². The van der Waals surface area contributed by atoms with E-state index < -0.39 is 17.5 Å². The SMILES string of the molecule is CC1(C)C2CCC1(C)C(C(F)(F)F)C2. The van der Waals surface area contributed by atoms with Gasteiger partial charge in [0.05, 0.1) is 5.92 Å². The fraction of sp³-hybridized carbons (Fsp3) is 1.00. The summed E-state index contributed by atoms with van der Waals surface area (Å²) in [6, 6.07) is 0. The van der Waals surface area contributed by atoms with Crippen LogP contribution in [-0.2, 0) is 0 Å². The molecule has 2 saturated carbocycles. The molecule has 2 fully saturated rings. The molecule has 0 aromatic rings. The molecule has 2 bridgehead atoms. The highest BCUT2D eigenvalue weighted by Crippen LogP contribution is 2.70. The van der Waals surface area contributed by atoms with E-state index in [2.05, 4.69) is 0 Å². The molecule has 3 heteroatoms. The van der Waals surface area contributed by atoms with Gasteiger partial charge in [-0.1, -0.05) is 20.8 Å². The summed E-state index contributed by atoms with van der Waals surface area (Å²) in [5, 5.41) is 0. The maximum atomic E-state index is 12.8. The van der Waals surface area contributed by atoms with Crippen LogP contribution in [0.4, 0.5) is 13.2 Å². The van der Waals surface area contributed by atoms with Crippen LogP contribution >= 0.6 is 0 Å². The molecule has 2 aliphatic rings. The first-order valence-electron chi connectivity index (χ1n) is 5.26. The highest BCUT2D eigenvalue weighted by Gasteiger charge is 2.67. The second-order valence-electron chi connectivity index (χ2n) is 5.70. The van der Waals surface area contributed by atoms with Gasteiger partial charge in [-0.25, -0.2) is 0 Å². The van der Waals surface area contributed by atoms with Crippen LogP contribution in [0.2, 0.25) is 0 Å². The van der Waals surface area contributed by atoms with Gasteiger partial charge in [0, 0.05) is 0 Å². The largest absolute Gasteiger partial charge is 0.392 e. The summed E-state index contributed by atoms with van der Waals surface area (Å²) in [5.74, 6) is -0.789. The van der Waals surface area contributed by atoms with E-state index in [-0.39, 0.29) is 11.3 Å². The van der Waals surface area contributed by atoms with Crippen LogP contribution in [0.5, 0.6) is 0 Å². The zero-order chi connectivity index (χ0) is 10.8. The van der Waals surface area contributed by atoms with Crippen molar-refractivity contribution in [3.8, 4) is 0 Å². The highest BCUT2D eigenvalue weighted by atomic mass is 19.4. The van der Waals surface area contributed by atoms with E-state index in [4.69, 9.17) is 0 Å². The summed E-state index contributed by atoms with van der Waals surface area (Å²) in [6.07, 6.45) is -1.92. The molecule has 0 spiro atoms. The van der Waals surface area contributed by atoms with Crippen molar-refractivity contribution in [3.63, 3.8) is 0 Å². The van der Waals surface area contributed by atoms with Gasteiger partial charge in [-0.2, -0.15) is 13.2 Å². The monoisotopic (exact) mass is 206 g/mol. The summed E-state index contributed by atoms with van der Waals surface area (Å²) < 4.78 is 38.4. The molecule has 0 aliphatic heterocycles. The molecule has 3 unspecified atom stereocenters. The fourth-order valence-electron chi connectivity index (χ4n) is 3.70. The Morgan fingerprint density at radius 1 is 1.14 bits per heavy atom. The van der Waals surface area contributed by atoms with Crippen molar-refractivity contribution in [2.24, 2.45) is 22.7 Å². The van der Waals surface area contributed by atoms with Crippen LogP contribution in [0.15, 0.2) is 0 Å². The molecule has 0 amide bonds. The Bertz CT molecular complexity index is 254. The van der Waals surface area contributed by atoms with Crippen molar-refractivity contribution in [1.82, 2.24) is 0 Å². The first kappa shape index (κ1) is 10.3. The first-order valence-corrected chi connectivity index (χ1v) is 5.26. The number of fused-ring (bicyclic) bond motifs is 2. The molecule has 0 nitrogen and oxygen atoms in total. The average molecular weight is 206 g/mol. The Hall–Kier alpha value is -0.210. The standard InChI is InChI=1S/C11H17F3/c1-9(2)7-4-5-10(9,3)8(6-7)11(12,13)14/h7-8H,4-6H2,1-3H3. The van der Waals surface area contributed by atoms with Crippen LogP contribution in [-0.4, -0.2) is 6.18 Å². The van der Waals surface area contributed by atoms with E-state index in [1.54, 1.807) is 0 Å². The molecule has 2 rings (SSSR count). The van der Waals surface area contributed by atoms with Crippen LogP contribution in [0.1, 0.15) is 40.0 Å². The topological polar surface area (TPSA) is 0 Å². The van der Waals surface area contributed by atoms with Crippen molar-refractivity contribution in [2.75, 3.05) is 0 Å². The van der Waals surface area contributed by atoms with Gasteiger partial charge in [0.15, 0.2) is 0 Å². The maximum Gasteiger partial charge on any atom is 0.392 e. The Morgan fingerprint density at radius 2 is 1.71 bits per heavy atom. The van der Waals surface area contributed by atoms with E-state index in [1.807, 2.05) is 20.8 Å². The summed E-state index contributed by atoms with van der Waals surface area (Å²) in [7, 11) is 0. The molecule has 3 atom stereocenters. The quantitative estimate of drug-likeness (QED) is 0.561. The van der Waals surface area contributed by atoms with Gasteiger partial charge in [-0.3, -0.25) is 0 Å². The Morgan fingerprint density at radius 3 is 1.93 bits per heavy atom. The van der Waals surface area contributed by atoms with E-state index in [0.29, 0.717) is 6.42 Å². The lowest BCUT2D eigenvalue weighted by molar-refractivity contribution is -0.207. The molecule has 82 valence electrons. The zero-order valence-corrected chi connectivity index (χ0v) is 8.91. The summed E-state index contributed by atoms with van der Waals surface area (Å²) in [4.78, 5) is 0. The third-order valence-corrected chi connectivity index (χ3v) is 5.19.